The molecule has 10 nitrogen and oxygen atoms in total. The van der Waals surface area contributed by atoms with Crippen molar-refractivity contribution in [1.29, 1.82) is 0 Å². The number of benzene rings is 2. The van der Waals surface area contributed by atoms with Gasteiger partial charge >= 0.3 is 0 Å². The number of aromatic nitrogens is 6. The number of carbonyl (C=O) groups is 2. The van der Waals surface area contributed by atoms with Gasteiger partial charge in [0, 0.05) is 24.2 Å². The number of hydrogen-bond donors (Lipinski definition) is 2. The summed E-state index contributed by atoms with van der Waals surface area (Å²) >= 11 is 0. The number of H-pyrrole nitrogens is 1. The van der Waals surface area contributed by atoms with Crippen LogP contribution in [0, 0.1) is 6.92 Å². The number of nitrogens with one attached hydrogen (secondary N) is 2. The maximum atomic E-state index is 14.4. The Labute approximate surface area is 211 Å². The van der Waals surface area contributed by atoms with Crippen LogP contribution < -0.4 is 10.2 Å². The maximum absolute atomic E-state index is 14.4. The summed E-state index contributed by atoms with van der Waals surface area (Å²) in [7, 11) is 0. The first-order valence-electron chi connectivity index (χ1n) is 12.1. The second-order valence-corrected chi connectivity index (χ2v) is 9.36. The first-order chi connectivity index (χ1) is 18.1. The summed E-state index contributed by atoms with van der Waals surface area (Å²) in [5.41, 5.74) is 4.03. The van der Waals surface area contributed by atoms with Gasteiger partial charge in [0.2, 0.25) is 11.8 Å². The summed E-state index contributed by atoms with van der Waals surface area (Å²) in [5.74, 6) is 0.523. The fourth-order valence-electron chi connectivity index (χ4n) is 5.77. The summed E-state index contributed by atoms with van der Waals surface area (Å²) in [6.45, 7) is 2.37. The van der Waals surface area contributed by atoms with Gasteiger partial charge in [0.05, 0.1) is 12.0 Å². The number of aromatic amines is 1. The third-order valence-electron chi connectivity index (χ3n) is 7.31. The van der Waals surface area contributed by atoms with E-state index in [1.54, 1.807) is 4.68 Å². The van der Waals surface area contributed by atoms with E-state index in [0.717, 1.165) is 16.8 Å². The highest BCUT2D eigenvalue weighted by molar-refractivity contribution is 6.16. The Bertz CT molecular complexity index is 1710. The smallest absolute Gasteiger partial charge is 0.242 e. The molecule has 0 aliphatic carbocycles. The Morgan fingerprint density at radius 2 is 1.81 bits per heavy atom. The third-order valence-corrected chi connectivity index (χ3v) is 7.31. The minimum Gasteiger partial charge on any atom is -0.340 e. The van der Waals surface area contributed by atoms with Gasteiger partial charge in [0.15, 0.2) is 11.5 Å². The van der Waals surface area contributed by atoms with Crippen LogP contribution in [0.25, 0.3) is 17.0 Å². The lowest BCUT2D eigenvalue weighted by Gasteiger charge is -2.33. The Morgan fingerprint density at radius 1 is 1.00 bits per heavy atom. The van der Waals surface area contributed by atoms with Crippen molar-refractivity contribution in [2.24, 2.45) is 0 Å². The molecule has 0 saturated carbocycles. The second-order valence-electron chi connectivity index (χ2n) is 9.36. The van der Waals surface area contributed by atoms with Crippen LogP contribution in [0.1, 0.15) is 28.8 Å². The number of amides is 2. The number of fused-ring (bicyclic) bond motifs is 5. The van der Waals surface area contributed by atoms with E-state index in [4.69, 9.17) is 5.10 Å². The molecule has 37 heavy (non-hydrogen) atoms. The lowest BCUT2D eigenvalue weighted by atomic mass is 9.70. The Hall–Kier alpha value is -4.86. The van der Waals surface area contributed by atoms with Crippen molar-refractivity contribution < 1.29 is 9.59 Å². The van der Waals surface area contributed by atoms with E-state index < -0.39 is 5.41 Å². The molecule has 5 heterocycles. The van der Waals surface area contributed by atoms with Crippen molar-refractivity contribution in [2.75, 3.05) is 16.8 Å². The van der Waals surface area contributed by atoms with Crippen molar-refractivity contribution in [2.45, 2.75) is 25.2 Å². The van der Waals surface area contributed by atoms with E-state index in [1.807, 2.05) is 54.3 Å². The molecule has 5 aromatic rings. The molecule has 2 aliphatic heterocycles. The van der Waals surface area contributed by atoms with Crippen molar-refractivity contribution >= 4 is 34.5 Å². The van der Waals surface area contributed by atoms with Gasteiger partial charge in [-0.25, -0.2) is 15.0 Å². The largest absolute Gasteiger partial charge is 0.340 e. The Morgan fingerprint density at radius 3 is 2.68 bits per heavy atom. The number of aryl methyl sites for hydroxylation is 1. The summed E-state index contributed by atoms with van der Waals surface area (Å²) < 4.78 is 1.58. The van der Waals surface area contributed by atoms with Crippen LogP contribution in [0.4, 0.5) is 11.5 Å². The number of anilines is 2. The molecule has 10 heteroatoms. The molecule has 2 N–H and O–H groups in total. The fourth-order valence-corrected chi connectivity index (χ4v) is 5.77. The molecule has 1 spiro atoms. The van der Waals surface area contributed by atoms with E-state index >= 15 is 0 Å². The molecular formula is C27H22N8O2. The van der Waals surface area contributed by atoms with E-state index in [-0.39, 0.29) is 18.2 Å². The highest BCUT2D eigenvalue weighted by atomic mass is 16.2. The van der Waals surface area contributed by atoms with Gasteiger partial charge in [-0.15, -0.1) is 0 Å². The summed E-state index contributed by atoms with van der Waals surface area (Å²) in [4.78, 5) is 45.4. The van der Waals surface area contributed by atoms with Crippen LogP contribution in [-0.2, 0) is 21.4 Å². The Balaban J connectivity index is 1.40. The molecule has 0 saturated heterocycles. The normalized spacial score (nSPS) is 18.4. The number of hydrogen-bond acceptors (Lipinski definition) is 6. The predicted octanol–water partition coefficient (Wildman–Crippen LogP) is 3.06. The fraction of sp³-hybridized carbons (Fsp3) is 0.185. The van der Waals surface area contributed by atoms with Crippen LogP contribution in [0.2, 0.25) is 0 Å². The highest BCUT2D eigenvalue weighted by Crippen LogP contribution is 2.53. The van der Waals surface area contributed by atoms with Crippen LogP contribution in [-0.4, -0.2) is 48.1 Å². The van der Waals surface area contributed by atoms with Crippen LogP contribution in [0.3, 0.4) is 0 Å². The number of rotatable bonds is 4. The highest BCUT2D eigenvalue weighted by Gasteiger charge is 2.57. The number of para-hydroxylation sites is 1. The molecule has 0 unspecified atom stereocenters. The summed E-state index contributed by atoms with van der Waals surface area (Å²) in [6.07, 6.45) is 3.65. The van der Waals surface area contributed by atoms with E-state index in [1.165, 1.54) is 12.7 Å². The van der Waals surface area contributed by atoms with Crippen LogP contribution in [0.15, 0.2) is 67.3 Å². The molecule has 2 aliphatic rings. The van der Waals surface area contributed by atoms with Gasteiger partial charge in [-0.05, 0) is 30.5 Å². The number of imidazole rings is 1. The number of carbonyl (C=O) groups excluding carboxylic acids is 2. The van der Waals surface area contributed by atoms with Crippen LogP contribution in [0.5, 0.6) is 0 Å². The predicted molar refractivity (Wildman–Crippen MR) is 137 cm³/mol. The molecule has 7 rings (SSSR count). The molecule has 1 atom stereocenters. The van der Waals surface area contributed by atoms with Gasteiger partial charge < -0.3 is 15.2 Å². The van der Waals surface area contributed by atoms with Gasteiger partial charge in [0.1, 0.15) is 23.1 Å². The molecule has 2 aromatic carbocycles. The van der Waals surface area contributed by atoms with Crippen LogP contribution >= 0.6 is 0 Å². The SMILES string of the molecule is Cc1nn(-c2ncnc3nc[nH]c23)c2c1[C@]1(CC(=O)N2)C(=O)N(CCc2ccccc2)c2ccccc21. The first kappa shape index (κ1) is 21.4. The van der Waals surface area contributed by atoms with E-state index in [0.29, 0.717) is 47.0 Å². The van der Waals surface area contributed by atoms with Gasteiger partial charge in [-0.2, -0.15) is 9.78 Å². The van der Waals surface area contributed by atoms with Gasteiger partial charge in [-0.3, -0.25) is 9.59 Å². The summed E-state index contributed by atoms with van der Waals surface area (Å²) in [5, 5.41) is 7.74. The zero-order chi connectivity index (χ0) is 25.1. The second kappa shape index (κ2) is 7.82. The van der Waals surface area contributed by atoms with Gasteiger partial charge in [-0.1, -0.05) is 48.5 Å². The van der Waals surface area contributed by atoms with Gasteiger partial charge in [0.25, 0.3) is 0 Å². The monoisotopic (exact) mass is 490 g/mol. The minimum absolute atomic E-state index is 0.00740. The average Bonchev–Trinajstić information content (AvgIpc) is 3.58. The Kier molecular flexibility index (Phi) is 4.53. The molecule has 3 aromatic heterocycles. The molecule has 0 radical (unpaired) electrons. The summed E-state index contributed by atoms with van der Waals surface area (Å²) in [6, 6.07) is 17.8. The molecule has 0 fully saturated rings. The lowest BCUT2D eigenvalue weighted by Crippen LogP contribution is -2.47. The molecule has 0 bridgehead atoms. The van der Waals surface area contributed by atoms with Crippen molar-refractivity contribution in [3.8, 4) is 5.82 Å². The average molecular weight is 491 g/mol. The van der Waals surface area contributed by atoms with E-state index in [9.17, 15) is 9.59 Å². The van der Waals surface area contributed by atoms with E-state index in [2.05, 4.69) is 37.4 Å². The van der Waals surface area contributed by atoms with Crippen molar-refractivity contribution in [3.63, 3.8) is 0 Å². The quantitative estimate of drug-likeness (QED) is 0.399. The zero-order valence-electron chi connectivity index (χ0n) is 20.0. The minimum atomic E-state index is -1.17. The van der Waals surface area contributed by atoms with Crippen molar-refractivity contribution in [1.82, 2.24) is 29.7 Å². The maximum Gasteiger partial charge on any atom is 0.242 e. The zero-order valence-corrected chi connectivity index (χ0v) is 20.0. The molecular weight excluding hydrogens is 468 g/mol. The first-order valence-corrected chi connectivity index (χ1v) is 12.1. The third kappa shape index (κ3) is 2.98. The number of nitrogens with zero attached hydrogens (tertiary/aromatic N) is 6. The molecule has 2 amide bonds. The molecule has 182 valence electrons. The topological polar surface area (TPSA) is 122 Å². The lowest BCUT2D eigenvalue weighted by molar-refractivity contribution is -0.126. The van der Waals surface area contributed by atoms with Crippen molar-refractivity contribution in [3.05, 3.63) is 89.6 Å². The standard InChI is InChI=1S/C27H22N8O2/c1-16-21-24(35(33-16)25-22-23(29-14-28-22)30-15-31-25)32-20(36)13-27(21)18-9-5-6-10-19(18)34(26(27)37)12-11-17-7-3-2-4-8-17/h2-10,14-15H,11-13H2,1H3,(H,32,36)(H,28,29,30,31)/t27-/m1/s1.